The maximum Gasteiger partial charge on any atom is 0.273 e. The summed E-state index contributed by atoms with van der Waals surface area (Å²) in [4.78, 5) is 31.2. The summed E-state index contributed by atoms with van der Waals surface area (Å²) in [6.45, 7) is 6.53. The third kappa shape index (κ3) is 6.16. The second kappa shape index (κ2) is 11.1. The minimum absolute atomic E-state index is 0.263. The van der Waals surface area contributed by atoms with Crippen LogP contribution in [0.2, 0.25) is 5.02 Å². The Labute approximate surface area is 187 Å². The van der Waals surface area contributed by atoms with Gasteiger partial charge in [-0.25, -0.2) is 4.98 Å². The van der Waals surface area contributed by atoms with E-state index in [-0.39, 0.29) is 5.91 Å². The third-order valence-electron chi connectivity index (χ3n) is 5.10. The van der Waals surface area contributed by atoms with Gasteiger partial charge in [-0.05, 0) is 26.1 Å². The summed E-state index contributed by atoms with van der Waals surface area (Å²) in [5, 5.41) is 3.26. The van der Waals surface area contributed by atoms with E-state index in [1.54, 1.807) is 29.2 Å². The molecule has 0 aliphatic carbocycles. The highest BCUT2D eigenvalue weighted by Gasteiger charge is 2.22. The Bertz CT molecular complexity index is 930. The van der Waals surface area contributed by atoms with Crippen LogP contribution in [0, 0.1) is 0 Å². The molecule has 1 unspecified atom stereocenters. The molecule has 1 aromatic heterocycles. The number of carbonyl (C=O) groups excluding carboxylic acids is 2. The van der Waals surface area contributed by atoms with Crippen LogP contribution in [0.15, 0.2) is 42.6 Å². The van der Waals surface area contributed by atoms with Crippen molar-refractivity contribution >= 4 is 29.6 Å². The summed E-state index contributed by atoms with van der Waals surface area (Å²) < 4.78 is 7.29. The number of aromatic nitrogens is 2. The molecule has 1 N–H and O–H groups in total. The minimum atomic E-state index is -0.263. The number of hydrogen-bond acceptors (Lipinski definition) is 5. The number of hydrogen-bond donors (Lipinski definition) is 1. The van der Waals surface area contributed by atoms with Crippen LogP contribution < -0.4 is 5.32 Å². The highest BCUT2D eigenvalue weighted by atomic mass is 35.5. The number of nitrogens with one attached hydrogen (secondary N) is 1. The zero-order valence-corrected chi connectivity index (χ0v) is 18.6. The molecule has 2 aromatic rings. The molecule has 2 aliphatic rings. The fourth-order valence-corrected chi connectivity index (χ4v) is 3.62. The lowest BCUT2D eigenvalue weighted by molar-refractivity contribution is -0.119. The first kappa shape index (κ1) is 23.0. The van der Waals surface area contributed by atoms with Crippen LogP contribution in [0.5, 0.6) is 0 Å². The van der Waals surface area contributed by atoms with Crippen LogP contribution in [-0.2, 0) is 22.6 Å². The number of carbonyl (C=O) groups is 2. The molecule has 2 aliphatic heterocycles. The van der Waals surface area contributed by atoms with Gasteiger partial charge in [0.15, 0.2) is 0 Å². The van der Waals surface area contributed by atoms with Crippen LogP contribution in [0.1, 0.15) is 23.2 Å². The Morgan fingerprint density at radius 3 is 2.81 bits per heavy atom. The van der Waals surface area contributed by atoms with Gasteiger partial charge in [0.1, 0.15) is 11.5 Å². The summed E-state index contributed by atoms with van der Waals surface area (Å²) in [6.07, 6.45) is 6.79. The van der Waals surface area contributed by atoms with Crippen molar-refractivity contribution < 1.29 is 14.3 Å². The second-order valence-electron chi connectivity index (χ2n) is 7.42. The SMILES string of the molecule is C/C=C/C1CN(C)CCO1.O=CN1CCn2c(C(=O)Nc3ccccc3Cl)cnc2C1. The van der Waals surface area contributed by atoms with Crippen molar-refractivity contribution in [2.45, 2.75) is 26.1 Å². The maximum atomic E-state index is 12.3. The molecular formula is C22H28ClN5O3. The molecule has 31 heavy (non-hydrogen) atoms. The standard InChI is InChI=1S/C14H13ClN4O2.C8H15NO/c15-10-3-1-2-4-11(10)17-14(21)12-7-16-13-8-18(9-20)5-6-19(12)13;1-3-4-8-7-9(2)5-6-10-8/h1-4,7,9H,5-6,8H2,(H,17,21);3-4,8H,5-7H2,1-2H3/b;4-3+. The van der Waals surface area contributed by atoms with Crippen LogP contribution in [-0.4, -0.2) is 71.1 Å². The van der Waals surface area contributed by atoms with Crippen molar-refractivity contribution in [2.75, 3.05) is 38.6 Å². The summed E-state index contributed by atoms with van der Waals surface area (Å²) in [5.41, 5.74) is 1.03. The van der Waals surface area contributed by atoms with Gasteiger partial charge < -0.3 is 24.4 Å². The molecule has 0 spiro atoms. The van der Waals surface area contributed by atoms with E-state index in [0.717, 1.165) is 26.1 Å². The van der Waals surface area contributed by atoms with Crippen LogP contribution in [0.25, 0.3) is 0 Å². The Balaban J connectivity index is 0.000000229. The van der Waals surface area contributed by atoms with Gasteiger partial charge in [0, 0.05) is 26.2 Å². The van der Waals surface area contributed by atoms with Gasteiger partial charge in [-0.15, -0.1) is 0 Å². The van der Waals surface area contributed by atoms with Crippen molar-refractivity contribution in [1.29, 1.82) is 0 Å². The molecule has 0 saturated carbocycles. The molecule has 166 valence electrons. The molecule has 8 nitrogen and oxygen atoms in total. The van der Waals surface area contributed by atoms with Crippen molar-refractivity contribution in [1.82, 2.24) is 19.4 Å². The Morgan fingerprint density at radius 1 is 1.29 bits per heavy atom. The van der Waals surface area contributed by atoms with Gasteiger partial charge in [-0.3, -0.25) is 9.59 Å². The number of allylic oxidation sites excluding steroid dienone is 1. The number of amides is 2. The molecule has 0 radical (unpaired) electrons. The van der Waals surface area contributed by atoms with Crippen LogP contribution in [0.3, 0.4) is 0 Å². The predicted octanol–water partition coefficient (Wildman–Crippen LogP) is 2.65. The van der Waals surface area contributed by atoms with Crippen molar-refractivity contribution in [3.05, 3.63) is 59.2 Å². The van der Waals surface area contributed by atoms with E-state index in [2.05, 4.69) is 28.3 Å². The fourth-order valence-electron chi connectivity index (χ4n) is 3.44. The average Bonchev–Trinajstić information content (AvgIpc) is 3.19. The summed E-state index contributed by atoms with van der Waals surface area (Å²) in [5.74, 6) is 0.444. The quantitative estimate of drug-likeness (QED) is 0.578. The molecule has 0 bridgehead atoms. The Morgan fingerprint density at radius 2 is 2.10 bits per heavy atom. The lowest BCUT2D eigenvalue weighted by Gasteiger charge is -2.27. The number of para-hydroxylation sites is 1. The number of imidazole rings is 1. The van der Waals surface area contributed by atoms with Crippen molar-refractivity contribution in [3.63, 3.8) is 0 Å². The van der Waals surface area contributed by atoms with Gasteiger partial charge in [-0.1, -0.05) is 35.9 Å². The zero-order valence-electron chi connectivity index (χ0n) is 17.8. The number of benzene rings is 1. The molecule has 2 amide bonds. The van der Waals surface area contributed by atoms with E-state index >= 15 is 0 Å². The van der Waals surface area contributed by atoms with E-state index in [4.69, 9.17) is 16.3 Å². The Hall–Kier alpha value is -2.68. The predicted molar refractivity (Wildman–Crippen MR) is 120 cm³/mol. The van der Waals surface area contributed by atoms with E-state index in [0.29, 0.717) is 48.0 Å². The van der Waals surface area contributed by atoms with E-state index in [1.165, 1.54) is 6.20 Å². The molecule has 1 saturated heterocycles. The fraction of sp³-hybridized carbons (Fsp3) is 0.409. The van der Waals surface area contributed by atoms with Gasteiger partial charge in [-0.2, -0.15) is 0 Å². The lowest BCUT2D eigenvalue weighted by Crippen LogP contribution is -2.38. The third-order valence-corrected chi connectivity index (χ3v) is 5.43. The number of likely N-dealkylation sites (N-methyl/N-ethyl adjacent to an activating group) is 1. The number of anilines is 1. The maximum absolute atomic E-state index is 12.3. The molecule has 1 aromatic carbocycles. The summed E-state index contributed by atoms with van der Waals surface area (Å²) in [6, 6.07) is 7.05. The largest absolute Gasteiger partial charge is 0.371 e. The van der Waals surface area contributed by atoms with Crippen LogP contribution >= 0.6 is 11.6 Å². The Kier molecular flexibility index (Phi) is 8.22. The number of ether oxygens (including phenoxy) is 1. The molecule has 1 fully saturated rings. The van der Waals surface area contributed by atoms with Gasteiger partial charge in [0.2, 0.25) is 6.41 Å². The number of halogens is 1. The topological polar surface area (TPSA) is 79.7 Å². The number of nitrogens with zero attached hydrogens (tertiary/aromatic N) is 4. The van der Waals surface area contributed by atoms with E-state index in [9.17, 15) is 9.59 Å². The second-order valence-corrected chi connectivity index (χ2v) is 7.83. The van der Waals surface area contributed by atoms with Gasteiger partial charge >= 0.3 is 0 Å². The molecule has 3 heterocycles. The number of rotatable bonds is 4. The van der Waals surface area contributed by atoms with E-state index < -0.39 is 0 Å². The van der Waals surface area contributed by atoms with Crippen LogP contribution in [0.4, 0.5) is 5.69 Å². The summed E-state index contributed by atoms with van der Waals surface area (Å²) in [7, 11) is 2.12. The normalized spacial score (nSPS) is 18.8. The molecule has 4 rings (SSSR count). The van der Waals surface area contributed by atoms with E-state index in [1.807, 2.05) is 17.6 Å². The monoisotopic (exact) mass is 445 g/mol. The first-order chi connectivity index (χ1) is 15.0. The first-order valence-electron chi connectivity index (χ1n) is 10.2. The average molecular weight is 446 g/mol. The zero-order chi connectivity index (χ0) is 22.2. The highest BCUT2D eigenvalue weighted by Crippen LogP contribution is 2.22. The van der Waals surface area contributed by atoms with Crippen molar-refractivity contribution in [3.8, 4) is 0 Å². The number of fused-ring (bicyclic) bond motifs is 1. The first-order valence-corrected chi connectivity index (χ1v) is 10.6. The van der Waals surface area contributed by atoms with Gasteiger partial charge in [0.05, 0.1) is 36.2 Å². The molecular weight excluding hydrogens is 418 g/mol. The minimum Gasteiger partial charge on any atom is -0.371 e. The molecule has 1 atom stereocenters. The van der Waals surface area contributed by atoms with Gasteiger partial charge in [0.25, 0.3) is 5.91 Å². The summed E-state index contributed by atoms with van der Waals surface area (Å²) >= 11 is 6.03. The highest BCUT2D eigenvalue weighted by molar-refractivity contribution is 6.33. The smallest absolute Gasteiger partial charge is 0.273 e. The van der Waals surface area contributed by atoms with Crippen molar-refractivity contribution in [2.24, 2.45) is 0 Å². The number of morpholine rings is 1. The lowest BCUT2D eigenvalue weighted by atomic mass is 10.2. The molecule has 9 heteroatoms.